The molecule has 0 aromatic heterocycles. The van der Waals surface area contributed by atoms with Gasteiger partial charge in [-0.1, -0.05) is 23.7 Å². The fraction of sp³-hybridized carbons (Fsp3) is 0.235. The quantitative estimate of drug-likeness (QED) is 0.883. The Morgan fingerprint density at radius 2 is 1.92 bits per heavy atom. The number of nitrogens with zero attached hydrogens (tertiary/aromatic N) is 1. The second-order valence-electron chi connectivity index (χ2n) is 5.76. The SMILES string of the molecule is O=C(Cc1ccc(F)cc1)Nc1ccc(N2CCCS2(=O)=O)c(Cl)c1. The van der Waals surface area contributed by atoms with E-state index in [1.165, 1.54) is 22.5 Å². The van der Waals surface area contributed by atoms with Gasteiger partial charge in [-0.25, -0.2) is 12.8 Å². The molecule has 8 heteroatoms. The van der Waals surface area contributed by atoms with Gasteiger partial charge in [0.2, 0.25) is 15.9 Å². The van der Waals surface area contributed by atoms with Crippen LogP contribution in [0.25, 0.3) is 0 Å². The second kappa shape index (κ2) is 7.01. The van der Waals surface area contributed by atoms with Crippen LogP contribution in [0.2, 0.25) is 5.02 Å². The molecule has 1 saturated heterocycles. The number of hydrogen-bond acceptors (Lipinski definition) is 3. The molecule has 0 bridgehead atoms. The van der Waals surface area contributed by atoms with Crippen LogP contribution in [0, 0.1) is 5.82 Å². The summed E-state index contributed by atoms with van der Waals surface area (Å²) in [6, 6.07) is 10.4. The number of carbonyl (C=O) groups is 1. The van der Waals surface area contributed by atoms with E-state index in [1.807, 2.05) is 0 Å². The molecular weight excluding hydrogens is 367 g/mol. The predicted octanol–water partition coefficient (Wildman–Crippen LogP) is 3.20. The molecular formula is C17H16ClFN2O3S. The predicted molar refractivity (Wildman–Crippen MR) is 95.9 cm³/mol. The van der Waals surface area contributed by atoms with Crippen LogP contribution in [0.3, 0.4) is 0 Å². The summed E-state index contributed by atoms with van der Waals surface area (Å²) in [6.07, 6.45) is 0.662. The van der Waals surface area contributed by atoms with Crippen LogP contribution in [0.4, 0.5) is 15.8 Å². The minimum atomic E-state index is -3.31. The summed E-state index contributed by atoms with van der Waals surface area (Å²) in [5, 5.41) is 2.95. The van der Waals surface area contributed by atoms with Crippen molar-refractivity contribution in [3.8, 4) is 0 Å². The highest BCUT2D eigenvalue weighted by Crippen LogP contribution is 2.33. The van der Waals surface area contributed by atoms with E-state index in [0.29, 0.717) is 29.9 Å². The highest BCUT2D eigenvalue weighted by atomic mass is 35.5. The number of anilines is 2. The zero-order valence-electron chi connectivity index (χ0n) is 13.2. The maximum absolute atomic E-state index is 12.9. The summed E-state index contributed by atoms with van der Waals surface area (Å²) in [6.45, 7) is 0.401. The van der Waals surface area contributed by atoms with Crippen LogP contribution in [0.15, 0.2) is 42.5 Å². The molecule has 1 aliphatic rings. The van der Waals surface area contributed by atoms with Gasteiger partial charge in [0, 0.05) is 12.2 Å². The fourth-order valence-electron chi connectivity index (χ4n) is 2.69. The molecule has 0 radical (unpaired) electrons. The molecule has 1 fully saturated rings. The van der Waals surface area contributed by atoms with Crippen molar-refractivity contribution in [1.29, 1.82) is 0 Å². The third-order valence-electron chi connectivity index (χ3n) is 3.88. The molecule has 1 heterocycles. The number of amides is 1. The third-order valence-corrected chi connectivity index (χ3v) is 6.04. The topological polar surface area (TPSA) is 66.5 Å². The summed E-state index contributed by atoms with van der Waals surface area (Å²) >= 11 is 6.20. The van der Waals surface area contributed by atoms with Gasteiger partial charge in [-0.3, -0.25) is 9.10 Å². The number of rotatable bonds is 4. The Hall–Kier alpha value is -2.12. The fourth-order valence-corrected chi connectivity index (χ4v) is 4.60. The number of carbonyl (C=O) groups excluding carboxylic acids is 1. The summed E-state index contributed by atoms with van der Waals surface area (Å²) in [5.74, 6) is -0.521. The van der Waals surface area contributed by atoms with Crippen molar-refractivity contribution in [2.75, 3.05) is 21.9 Å². The van der Waals surface area contributed by atoms with Crippen molar-refractivity contribution in [3.05, 3.63) is 58.9 Å². The highest BCUT2D eigenvalue weighted by Gasteiger charge is 2.29. The first-order chi connectivity index (χ1) is 11.8. The molecule has 1 N–H and O–H groups in total. The number of benzene rings is 2. The van der Waals surface area contributed by atoms with E-state index in [0.717, 1.165) is 0 Å². The van der Waals surface area contributed by atoms with Gasteiger partial charge in [0.25, 0.3) is 0 Å². The van der Waals surface area contributed by atoms with Crippen LogP contribution >= 0.6 is 11.6 Å². The first kappa shape index (κ1) is 17.7. The van der Waals surface area contributed by atoms with E-state index in [-0.39, 0.29) is 28.9 Å². The molecule has 25 heavy (non-hydrogen) atoms. The molecule has 5 nitrogen and oxygen atoms in total. The zero-order valence-corrected chi connectivity index (χ0v) is 14.8. The summed E-state index contributed by atoms with van der Waals surface area (Å²) in [4.78, 5) is 12.1. The molecule has 1 amide bonds. The Bertz CT molecular complexity index is 901. The van der Waals surface area contributed by atoms with E-state index in [9.17, 15) is 17.6 Å². The van der Waals surface area contributed by atoms with Gasteiger partial charge in [-0.05, 0) is 42.3 Å². The van der Waals surface area contributed by atoms with Gasteiger partial charge in [0.05, 0.1) is 22.9 Å². The number of hydrogen-bond donors (Lipinski definition) is 1. The number of sulfonamides is 1. The maximum Gasteiger partial charge on any atom is 0.235 e. The minimum absolute atomic E-state index is 0.0974. The largest absolute Gasteiger partial charge is 0.326 e. The van der Waals surface area contributed by atoms with Crippen LogP contribution in [-0.2, 0) is 21.2 Å². The van der Waals surface area contributed by atoms with Gasteiger partial charge < -0.3 is 5.32 Å². The standard InChI is InChI=1S/C17H16ClFN2O3S/c18-15-11-14(6-7-16(15)21-8-1-9-25(21,23)24)20-17(22)10-12-2-4-13(19)5-3-12/h2-7,11H,1,8-10H2,(H,20,22). The maximum atomic E-state index is 12.9. The summed E-state index contributed by atoms with van der Waals surface area (Å²) < 4.78 is 38.1. The van der Waals surface area contributed by atoms with Crippen LogP contribution < -0.4 is 9.62 Å². The zero-order chi connectivity index (χ0) is 18.0. The first-order valence-corrected chi connectivity index (χ1v) is 9.68. The van der Waals surface area contributed by atoms with E-state index < -0.39 is 10.0 Å². The Labute approximate surface area is 150 Å². The van der Waals surface area contributed by atoms with Gasteiger partial charge in [0.1, 0.15) is 5.82 Å². The lowest BCUT2D eigenvalue weighted by atomic mass is 10.1. The van der Waals surface area contributed by atoms with E-state index >= 15 is 0 Å². The average Bonchev–Trinajstić information content (AvgIpc) is 2.89. The normalized spacial score (nSPS) is 16.0. The smallest absolute Gasteiger partial charge is 0.235 e. The first-order valence-electron chi connectivity index (χ1n) is 7.69. The van der Waals surface area contributed by atoms with Gasteiger partial charge in [0.15, 0.2) is 0 Å². The van der Waals surface area contributed by atoms with Gasteiger partial charge in [-0.2, -0.15) is 0 Å². The molecule has 0 aliphatic carbocycles. The molecule has 2 aromatic carbocycles. The summed E-state index contributed by atoms with van der Waals surface area (Å²) in [7, 11) is -3.31. The van der Waals surface area contributed by atoms with Crippen molar-refractivity contribution in [2.45, 2.75) is 12.8 Å². The molecule has 0 saturated carbocycles. The van der Waals surface area contributed by atoms with Crippen molar-refractivity contribution >= 4 is 38.9 Å². The third kappa shape index (κ3) is 4.11. The van der Waals surface area contributed by atoms with Crippen LogP contribution in [0.5, 0.6) is 0 Å². The highest BCUT2D eigenvalue weighted by molar-refractivity contribution is 7.93. The molecule has 132 valence electrons. The van der Waals surface area contributed by atoms with Crippen molar-refractivity contribution in [1.82, 2.24) is 0 Å². The van der Waals surface area contributed by atoms with Crippen LogP contribution in [0.1, 0.15) is 12.0 Å². The molecule has 3 rings (SSSR count). The van der Waals surface area contributed by atoms with E-state index in [4.69, 9.17) is 11.6 Å². The molecule has 2 aromatic rings. The molecule has 1 aliphatic heterocycles. The van der Waals surface area contributed by atoms with Gasteiger partial charge in [-0.15, -0.1) is 0 Å². The number of nitrogens with one attached hydrogen (secondary N) is 1. The lowest BCUT2D eigenvalue weighted by Gasteiger charge is -2.19. The molecule has 0 atom stereocenters. The Kier molecular flexibility index (Phi) is 4.96. The summed E-state index contributed by atoms with van der Waals surface area (Å²) in [5.41, 5.74) is 1.57. The van der Waals surface area contributed by atoms with E-state index in [2.05, 4.69) is 5.32 Å². The Morgan fingerprint density at radius 1 is 1.20 bits per heavy atom. The second-order valence-corrected chi connectivity index (χ2v) is 8.18. The molecule has 0 unspecified atom stereocenters. The lowest BCUT2D eigenvalue weighted by molar-refractivity contribution is -0.115. The Balaban J connectivity index is 1.70. The van der Waals surface area contributed by atoms with Crippen LogP contribution in [-0.4, -0.2) is 26.6 Å². The van der Waals surface area contributed by atoms with E-state index in [1.54, 1.807) is 24.3 Å². The lowest BCUT2D eigenvalue weighted by Crippen LogP contribution is -2.25. The van der Waals surface area contributed by atoms with Crippen molar-refractivity contribution < 1.29 is 17.6 Å². The Morgan fingerprint density at radius 3 is 2.52 bits per heavy atom. The van der Waals surface area contributed by atoms with Crippen molar-refractivity contribution in [2.24, 2.45) is 0 Å². The number of halogens is 2. The molecule has 0 spiro atoms. The van der Waals surface area contributed by atoms with Crippen molar-refractivity contribution in [3.63, 3.8) is 0 Å². The minimum Gasteiger partial charge on any atom is -0.326 e. The van der Waals surface area contributed by atoms with Gasteiger partial charge >= 0.3 is 0 Å². The average molecular weight is 383 g/mol. The monoisotopic (exact) mass is 382 g/mol.